The maximum Gasteiger partial charge on any atom is 0.151 e. The molecule has 3 heterocycles. The molecule has 134 valence electrons. The molecule has 1 aromatic carbocycles. The number of nitrogens with zero attached hydrogens (tertiary/aromatic N) is 2. The molecule has 5 nitrogen and oxygen atoms in total. The number of rotatable bonds is 4. The second kappa shape index (κ2) is 7.40. The van der Waals surface area contributed by atoms with E-state index >= 15 is 0 Å². The van der Waals surface area contributed by atoms with Crippen molar-refractivity contribution in [2.75, 3.05) is 32.7 Å². The van der Waals surface area contributed by atoms with E-state index in [0.717, 1.165) is 42.7 Å². The number of aromatic hydroxyl groups is 1. The number of nitrogens with one attached hydrogen (secondary N) is 2. The number of quaternary nitrogens is 2. The van der Waals surface area contributed by atoms with E-state index < -0.39 is 0 Å². The van der Waals surface area contributed by atoms with E-state index in [2.05, 4.69) is 35.1 Å². The molecule has 0 bridgehead atoms. The summed E-state index contributed by atoms with van der Waals surface area (Å²) >= 11 is 0. The molecule has 0 aliphatic carbocycles. The molecule has 1 aliphatic rings. The highest BCUT2D eigenvalue weighted by atomic mass is 16.3. The van der Waals surface area contributed by atoms with Gasteiger partial charge in [0.05, 0.1) is 12.1 Å². The van der Waals surface area contributed by atoms with Gasteiger partial charge in [-0.25, -0.2) is 0 Å². The lowest BCUT2D eigenvalue weighted by Crippen LogP contribution is -3.28. The Balaban J connectivity index is 1.78. The van der Waals surface area contributed by atoms with Crippen LogP contribution in [0, 0.1) is 0 Å². The first-order chi connectivity index (χ1) is 12.8. The van der Waals surface area contributed by atoms with Gasteiger partial charge in [0.15, 0.2) is 5.75 Å². The zero-order valence-corrected chi connectivity index (χ0v) is 15.2. The van der Waals surface area contributed by atoms with Crippen LogP contribution in [-0.2, 0) is 0 Å². The Bertz CT molecular complexity index is 876. The minimum atomic E-state index is 0.0773. The number of phenols is 1. The summed E-state index contributed by atoms with van der Waals surface area (Å²) in [7, 11) is 0. The van der Waals surface area contributed by atoms with Crippen molar-refractivity contribution in [3.05, 3.63) is 66.1 Å². The van der Waals surface area contributed by atoms with Gasteiger partial charge in [-0.2, -0.15) is 0 Å². The first-order valence-corrected chi connectivity index (χ1v) is 9.42. The summed E-state index contributed by atoms with van der Waals surface area (Å²) in [5, 5.41) is 12.0. The fourth-order valence-electron chi connectivity index (χ4n) is 4.13. The van der Waals surface area contributed by atoms with Gasteiger partial charge in [0.25, 0.3) is 0 Å². The summed E-state index contributed by atoms with van der Waals surface area (Å²) in [5.41, 5.74) is 2.77. The van der Waals surface area contributed by atoms with E-state index in [4.69, 9.17) is 0 Å². The predicted molar refractivity (Wildman–Crippen MR) is 101 cm³/mol. The van der Waals surface area contributed by atoms with E-state index in [-0.39, 0.29) is 6.04 Å². The lowest BCUT2D eigenvalue weighted by Gasteiger charge is -2.34. The second-order valence-electron chi connectivity index (χ2n) is 7.06. The molecule has 1 saturated heterocycles. The molecule has 4 rings (SSSR count). The number of pyridine rings is 2. The molecule has 0 spiro atoms. The Hall–Kier alpha value is -2.50. The fourth-order valence-corrected chi connectivity index (χ4v) is 4.13. The van der Waals surface area contributed by atoms with Crippen LogP contribution in [0.2, 0.25) is 0 Å². The maximum absolute atomic E-state index is 11.0. The highest BCUT2D eigenvalue weighted by Gasteiger charge is 2.33. The number of fused-ring (bicyclic) bond motifs is 1. The zero-order valence-electron chi connectivity index (χ0n) is 15.2. The first kappa shape index (κ1) is 16.9. The summed E-state index contributed by atoms with van der Waals surface area (Å²) in [4.78, 5) is 11.9. The quantitative estimate of drug-likeness (QED) is 0.631. The molecule has 5 heteroatoms. The summed E-state index contributed by atoms with van der Waals surface area (Å²) in [6.07, 6.45) is 5.47. The highest BCUT2D eigenvalue weighted by Crippen LogP contribution is 2.32. The molecule has 1 aliphatic heterocycles. The van der Waals surface area contributed by atoms with Gasteiger partial charge in [-0.1, -0.05) is 12.1 Å². The number of benzene rings is 1. The molecule has 26 heavy (non-hydrogen) atoms. The molecular weight excluding hydrogens is 324 g/mol. The van der Waals surface area contributed by atoms with Crippen LogP contribution in [0.4, 0.5) is 0 Å². The summed E-state index contributed by atoms with van der Waals surface area (Å²) < 4.78 is 0. The maximum atomic E-state index is 11.0. The van der Waals surface area contributed by atoms with Crippen molar-refractivity contribution in [1.29, 1.82) is 0 Å². The van der Waals surface area contributed by atoms with Crippen LogP contribution < -0.4 is 9.80 Å². The predicted octanol–water partition coefficient (Wildman–Crippen LogP) is 0.228. The molecule has 0 radical (unpaired) electrons. The van der Waals surface area contributed by atoms with E-state index in [1.54, 1.807) is 17.3 Å². The van der Waals surface area contributed by atoms with Gasteiger partial charge in [0.1, 0.15) is 37.7 Å². The number of piperazine rings is 1. The van der Waals surface area contributed by atoms with Gasteiger partial charge in [0.2, 0.25) is 0 Å². The molecule has 3 aromatic rings. The third-order valence-electron chi connectivity index (χ3n) is 5.62. The Kier molecular flexibility index (Phi) is 4.82. The Morgan fingerprint density at radius 2 is 1.85 bits per heavy atom. The monoisotopic (exact) mass is 350 g/mol. The summed E-state index contributed by atoms with van der Waals surface area (Å²) in [6, 6.07) is 12.2. The number of likely N-dealkylation sites (N-methyl/N-ethyl adjacent to an activating group) is 1. The van der Waals surface area contributed by atoms with Gasteiger partial charge in [0, 0.05) is 29.5 Å². The number of hydrogen-bond acceptors (Lipinski definition) is 3. The van der Waals surface area contributed by atoms with Crippen LogP contribution in [0.15, 0.2) is 55.0 Å². The Labute approximate surface area is 153 Å². The summed E-state index contributed by atoms with van der Waals surface area (Å²) in [5.74, 6) is 0.301. The van der Waals surface area contributed by atoms with E-state index in [9.17, 15) is 5.11 Å². The largest absolute Gasteiger partial charge is 0.505 e. The average Bonchev–Trinajstić information content (AvgIpc) is 2.71. The lowest BCUT2D eigenvalue weighted by molar-refractivity contribution is -1.02. The van der Waals surface area contributed by atoms with Crippen LogP contribution >= 0.6 is 0 Å². The molecule has 1 atom stereocenters. The van der Waals surface area contributed by atoms with Gasteiger partial charge >= 0.3 is 0 Å². The molecule has 2 aromatic heterocycles. The fraction of sp³-hybridized carbons (Fsp3) is 0.333. The van der Waals surface area contributed by atoms with E-state index in [0.29, 0.717) is 11.3 Å². The normalized spacial score (nSPS) is 21.6. The third-order valence-corrected chi connectivity index (χ3v) is 5.62. The van der Waals surface area contributed by atoms with Crippen molar-refractivity contribution >= 4 is 10.9 Å². The van der Waals surface area contributed by atoms with Crippen molar-refractivity contribution in [1.82, 2.24) is 9.97 Å². The van der Waals surface area contributed by atoms with Crippen LogP contribution in [0.3, 0.4) is 0 Å². The zero-order chi connectivity index (χ0) is 17.9. The standard InChI is InChI=1S/C21H24N4O/c1-2-24-11-13-25(14-12-24)20(17-6-3-9-22-15-17)18-8-7-16-5-4-10-23-19(16)21(18)26/h3-10,15,20,26H,2,11-14H2,1H3/p+2. The number of hydrogen-bond donors (Lipinski definition) is 3. The van der Waals surface area contributed by atoms with Crippen molar-refractivity contribution in [2.24, 2.45) is 0 Å². The van der Waals surface area contributed by atoms with Crippen LogP contribution in [-0.4, -0.2) is 47.8 Å². The van der Waals surface area contributed by atoms with Gasteiger partial charge in [-0.3, -0.25) is 9.97 Å². The Morgan fingerprint density at radius 1 is 1.04 bits per heavy atom. The molecule has 1 fully saturated rings. The average molecular weight is 350 g/mol. The smallest absolute Gasteiger partial charge is 0.151 e. The Morgan fingerprint density at radius 3 is 2.58 bits per heavy atom. The first-order valence-electron chi connectivity index (χ1n) is 9.42. The van der Waals surface area contributed by atoms with Crippen molar-refractivity contribution in [3.8, 4) is 5.75 Å². The number of aromatic nitrogens is 2. The molecule has 3 N–H and O–H groups in total. The van der Waals surface area contributed by atoms with Gasteiger partial charge in [-0.05, 0) is 31.2 Å². The topological polar surface area (TPSA) is 54.9 Å². The summed E-state index contributed by atoms with van der Waals surface area (Å²) in [6.45, 7) is 7.92. The minimum absolute atomic E-state index is 0.0773. The third kappa shape index (κ3) is 3.16. The SMILES string of the molecule is CC[NH+]1CC[NH+](C(c2cccnc2)c2ccc3cccnc3c2O)CC1. The van der Waals surface area contributed by atoms with Crippen molar-refractivity contribution in [3.63, 3.8) is 0 Å². The minimum Gasteiger partial charge on any atom is -0.505 e. The van der Waals surface area contributed by atoms with E-state index in [1.807, 2.05) is 24.4 Å². The molecule has 0 amide bonds. The van der Waals surface area contributed by atoms with Crippen molar-refractivity contribution < 1.29 is 14.9 Å². The highest BCUT2D eigenvalue weighted by molar-refractivity contribution is 5.85. The van der Waals surface area contributed by atoms with Crippen LogP contribution in [0.25, 0.3) is 10.9 Å². The van der Waals surface area contributed by atoms with E-state index in [1.165, 1.54) is 11.4 Å². The van der Waals surface area contributed by atoms with Crippen LogP contribution in [0.5, 0.6) is 5.75 Å². The second-order valence-corrected chi connectivity index (χ2v) is 7.06. The molecular formula is C21H26N4O+2. The molecule has 0 saturated carbocycles. The molecule has 1 unspecified atom stereocenters. The van der Waals surface area contributed by atoms with Crippen LogP contribution in [0.1, 0.15) is 24.1 Å². The van der Waals surface area contributed by atoms with Gasteiger partial charge < -0.3 is 14.9 Å². The number of phenolic OH excluding ortho intramolecular Hbond substituents is 1. The lowest BCUT2D eigenvalue weighted by atomic mass is 9.95. The van der Waals surface area contributed by atoms with Crippen molar-refractivity contribution in [2.45, 2.75) is 13.0 Å². The van der Waals surface area contributed by atoms with Gasteiger partial charge in [-0.15, -0.1) is 0 Å².